The van der Waals surface area contributed by atoms with E-state index in [1.807, 2.05) is 20.8 Å². The predicted octanol–water partition coefficient (Wildman–Crippen LogP) is 1.50. The molecule has 0 spiro atoms. The third-order valence-electron chi connectivity index (χ3n) is 6.24. The van der Waals surface area contributed by atoms with Crippen LogP contribution >= 0.6 is 0 Å². The van der Waals surface area contributed by atoms with Crippen LogP contribution < -0.4 is 9.47 Å². The molecule has 4 N–H and O–H groups in total. The number of allylic oxidation sites excluding steroid dienone is 2. The number of hydrogen-bond donors (Lipinski definition) is 4. The van der Waals surface area contributed by atoms with E-state index in [2.05, 4.69) is 6.07 Å². The van der Waals surface area contributed by atoms with E-state index < -0.39 is 17.7 Å². The molecule has 172 valence electrons. The minimum absolute atomic E-state index is 0.169. The molecule has 0 fully saturated rings. The van der Waals surface area contributed by atoms with E-state index in [0.717, 1.165) is 38.4 Å². The van der Waals surface area contributed by atoms with E-state index in [1.165, 1.54) is 24.5 Å². The Labute approximate surface area is 191 Å². The number of ketones is 1. The van der Waals surface area contributed by atoms with Gasteiger partial charge in [0.05, 0.1) is 0 Å². The molecule has 3 rings (SSSR count). The lowest BCUT2D eigenvalue weighted by Gasteiger charge is -2.22. The van der Waals surface area contributed by atoms with E-state index in [1.54, 1.807) is 18.4 Å². The topological polar surface area (TPSA) is 120 Å². The summed E-state index contributed by atoms with van der Waals surface area (Å²) in [6.07, 6.45) is 4.25. The van der Waals surface area contributed by atoms with Crippen LogP contribution in [0.2, 0.25) is 0 Å². The van der Waals surface area contributed by atoms with Gasteiger partial charge in [-0.2, -0.15) is 4.57 Å². The molecule has 33 heavy (non-hydrogen) atoms. The van der Waals surface area contributed by atoms with E-state index in [4.69, 9.17) is 0 Å². The van der Waals surface area contributed by atoms with Crippen molar-refractivity contribution in [3.63, 3.8) is 0 Å². The summed E-state index contributed by atoms with van der Waals surface area (Å²) in [4.78, 5) is 35.7. The number of carbonyl (C=O) groups is 3. The number of aromatic carboxylic acids is 1. The van der Waals surface area contributed by atoms with Crippen LogP contribution in [0.4, 0.5) is 0 Å². The molecule has 2 heterocycles. The highest BCUT2D eigenvalue weighted by Crippen LogP contribution is 2.23. The summed E-state index contributed by atoms with van der Waals surface area (Å²) >= 11 is 0. The Kier molecular flexibility index (Phi) is 6.51. The maximum atomic E-state index is 12.0. The quantitative estimate of drug-likeness (QED) is 0.390. The fourth-order valence-corrected chi connectivity index (χ4v) is 4.25. The van der Waals surface area contributed by atoms with Gasteiger partial charge in [0.2, 0.25) is 5.78 Å². The number of rotatable bonds is 6. The van der Waals surface area contributed by atoms with Crippen LogP contribution in [0.15, 0.2) is 41.9 Å². The lowest BCUT2D eigenvalue weighted by atomic mass is 9.92. The summed E-state index contributed by atoms with van der Waals surface area (Å²) in [7, 11) is 0. The second kappa shape index (κ2) is 8.99. The zero-order valence-electron chi connectivity index (χ0n) is 19.3. The number of carbonyl (C=O) groups excluding carboxylic acids is 1. The molecule has 0 saturated carbocycles. The minimum Gasteiger partial charge on any atom is -0.507 e. The number of hydrogen-bond acceptors (Lipinski definition) is 4. The maximum absolute atomic E-state index is 12.0. The van der Waals surface area contributed by atoms with Gasteiger partial charge in [-0.15, -0.1) is 0 Å². The average Bonchev–Trinajstić information content (AvgIpc) is 2.70. The molecule has 0 aliphatic carbocycles. The highest BCUT2D eigenvalue weighted by molar-refractivity contribution is 6.21. The van der Waals surface area contributed by atoms with E-state index in [-0.39, 0.29) is 16.9 Å². The second-order valence-corrected chi connectivity index (χ2v) is 8.50. The first-order chi connectivity index (χ1) is 15.4. The van der Waals surface area contributed by atoms with Crippen molar-refractivity contribution in [1.82, 2.24) is 0 Å². The van der Waals surface area contributed by atoms with E-state index in [0.29, 0.717) is 18.8 Å². The fourth-order valence-electron chi connectivity index (χ4n) is 4.25. The summed E-state index contributed by atoms with van der Waals surface area (Å²) in [5.41, 5.74) is 6.20. The van der Waals surface area contributed by atoms with Gasteiger partial charge in [-0.05, 0) is 37.5 Å². The van der Waals surface area contributed by atoms with Gasteiger partial charge >= 0.3 is 11.9 Å². The highest BCUT2D eigenvalue weighted by Gasteiger charge is 2.28. The van der Waals surface area contributed by atoms with Crippen molar-refractivity contribution in [1.29, 1.82) is 0 Å². The fraction of sp³-hybridized carbons (Fsp3) is 0.280. The lowest BCUT2D eigenvalue weighted by molar-refractivity contribution is -0.820. The number of benzene rings is 1. The Morgan fingerprint density at radius 1 is 0.970 bits per heavy atom. The van der Waals surface area contributed by atoms with E-state index >= 15 is 0 Å². The maximum Gasteiger partial charge on any atom is 0.345 e. The summed E-state index contributed by atoms with van der Waals surface area (Å²) in [5, 5.41) is 28.7. The average molecular weight is 453 g/mol. The molecular formula is C25H28N2O6+2. The molecule has 8 nitrogen and oxygen atoms in total. The summed E-state index contributed by atoms with van der Waals surface area (Å²) < 4.78 is 1.79. The van der Waals surface area contributed by atoms with Gasteiger partial charge in [-0.3, -0.25) is 9.69 Å². The van der Waals surface area contributed by atoms with Crippen molar-refractivity contribution < 1.29 is 39.2 Å². The minimum atomic E-state index is -1.24. The standard InChI is InChI=1S/C25H26N2O6/c1-13-6-14(2)19(10-27-12-21(25(32)33)23(29)8-16(27)4)17(5)18(13)9-26-11-20(24(30)31)22(28)7-15(26)3/h6-8,11-12H,9-10H2,1-5H3,(H2,30,31,32,33)/p+2. The molecule has 0 bridgehead atoms. The first-order valence-corrected chi connectivity index (χ1v) is 10.5. The molecule has 1 aliphatic heterocycles. The number of carboxylic acids is 2. The molecule has 1 aromatic carbocycles. The number of aliphatic carboxylic acids is 1. The molecule has 1 aliphatic rings. The number of aromatic hydroxyl groups is 1. The lowest BCUT2D eigenvalue weighted by Crippen LogP contribution is -3.04. The smallest absolute Gasteiger partial charge is 0.345 e. The number of carboxylic acid groups (broad SMARTS) is 2. The van der Waals surface area contributed by atoms with Gasteiger partial charge in [0.25, 0.3) is 0 Å². The molecule has 1 aromatic heterocycles. The molecule has 1 unspecified atom stereocenters. The molecule has 2 aromatic rings. The van der Waals surface area contributed by atoms with Gasteiger partial charge in [-0.1, -0.05) is 6.07 Å². The number of nitrogens with zero attached hydrogens (tertiary/aromatic N) is 1. The Balaban J connectivity index is 2.04. The summed E-state index contributed by atoms with van der Waals surface area (Å²) in [5.74, 6) is -3.23. The van der Waals surface area contributed by atoms with Crippen LogP contribution in [0, 0.1) is 27.7 Å². The van der Waals surface area contributed by atoms with Crippen molar-refractivity contribution >= 4 is 17.7 Å². The largest absolute Gasteiger partial charge is 0.507 e. The Hall–Kier alpha value is -3.78. The van der Waals surface area contributed by atoms with Crippen molar-refractivity contribution in [3.8, 4) is 5.75 Å². The van der Waals surface area contributed by atoms with Crippen LogP contribution in [-0.2, 0) is 22.7 Å². The zero-order valence-corrected chi connectivity index (χ0v) is 19.3. The van der Waals surface area contributed by atoms with E-state index in [9.17, 15) is 29.7 Å². The Morgan fingerprint density at radius 3 is 2.21 bits per heavy atom. The van der Waals surface area contributed by atoms with Crippen LogP contribution in [-0.4, -0.2) is 33.0 Å². The van der Waals surface area contributed by atoms with Gasteiger partial charge in [0.1, 0.15) is 24.2 Å². The Bertz CT molecular complexity index is 1260. The second-order valence-electron chi connectivity index (χ2n) is 8.50. The normalized spacial score (nSPS) is 15.8. The molecule has 8 heteroatoms. The van der Waals surface area contributed by atoms with Gasteiger partial charge in [0, 0.05) is 37.1 Å². The van der Waals surface area contributed by atoms with Crippen LogP contribution in [0.3, 0.4) is 0 Å². The molecular weight excluding hydrogens is 424 g/mol. The third-order valence-corrected chi connectivity index (χ3v) is 6.24. The van der Waals surface area contributed by atoms with Gasteiger partial charge < -0.3 is 15.3 Å². The van der Waals surface area contributed by atoms with Crippen molar-refractivity contribution in [2.75, 3.05) is 0 Å². The number of pyridine rings is 1. The van der Waals surface area contributed by atoms with Crippen LogP contribution in [0.1, 0.15) is 50.8 Å². The number of quaternary nitrogens is 1. The van der Waals surface area contributed by atoms with Crippen LogP contribution in [0.5, 0.6) is 5.75 Å². The zero-order chi connectivity index (χ0) is 24.6. The van der Waals surface area contributed by atoms with Crippen LogP contribution in [0.25, 0.3) is 0 Å². The highest BCUT2D eigenvalue weighted by atomic mass is 16.4. The number of nitrogens with one attached hydrogen (secondary N) is 1. The number of aryl methyl sites for hydroxylation is 3. The van der Waals surface area contributed by atoms with Crippen molar-refractivity contribution in [3.05, 3.63) is 81.0 Å². The first-order valence-electron chi connectivity index (χ1n) is 10.5. The number of aromatic nitrogens is 1. The van der Waals surface area contributed by atoms with Crippen molar-refractivity contribution in [2.24, 2.45) is 0 Å². The Morgan fingerprint density at radius 2 is 1.61 bits per heavy atom. The summed E-state index contributed by atoms with van der Waals surface area (Å²) in [6, 6.07) is 3.49. The molecule has 0 radical (unpaired) electrons. The SMILES string of the molecule is CC1=CC(=O)C(C(=O)O)=C[NH+]1Cc1c(C)cc(C)c(C[n+]2cc(C(=O)O)c(O)cc2C)c1C. The van der Waals surface area contributed by atoms with Gasteiger partial charge in [-0.25, -0.2) is 9.59 Å². The molecule has 0 saturated heterocycles. The molecule has 0 amide bonds. The first kappa shape index (κ1) is 23.9. The third kappa shape index (κ3) is 4.70. The predicted molar refractivity (Wildman–Crippen MR) is 119 cm³/mol. The molecule has 1 atom stereocenters. The monoisotopic (exact) mass is 452 g/mol. The summed E-state index contributed by atoms with van der Waals surface area (Å²) in [6.45, 7) is 10.5. The van der Waals surface area contributed by atoms with Crippen molar-refractivity contribution in [2.45, 2.75) is 47.7 Å². The van der Waals surface area contributed by atoms with Gasteiger partial charge in [0.15, 0.2) is 29.6 Å².